The number of thiophene rings is 1. The van der Waals surface area contributed by atoms with Crippen LogP contribution in [0.25, 0.3) is 109 Å². The van der Waals surface area contributed by atoms with E-state index in [1.54, 1.807) is 0 Å². The van der Waals surface area contributed by atoms with Crippen molar-refractivity contribution in [2.75, 3.05) is 0 Å². The van der Waals surface area contributed by atoms with E-state index >= 15 is 0 Å². The third-order valence-corrected chi connectivity index (χ3v) is 15.8. The van der Waals surface area contributed by atoms with E-state index in [0.717, 1.165) is 0 Å². The van der Waals surface area contributed by atoms with Gasteiger partial charge in [-0.25, -0.2) is 0 Å². The first kappa shape index (κ1) is 38.9. The van der Waals surface area contributed by atoms with Crippen LogP contribution in [0.3, 0.4) is 0 Å². The molecule has 0 bridgehead atoms. The van der Waals surface area contributed by atoms with Gasteiger partial charge in [-0.1, -0.05) is 148 Å². The van der Waals surface area contributed by atoms with E-state index in [2.05, 4.69) is 228 Å². The molecular weight excluding hydrogens is 784 g/mol. The molecule has 0 atom stereocenters. The molecule has 2 nitrogen and oxygen atoms in total. The van der Waals surface area contributed by atoms with Crippen molar-refractivity contribution in [3.63, 3.8) is 0 Å². The van der Waals surface area contributed by atoms with Crippen LogP contribution in [0.15, 0.2) is 164 Å². The van der Waals surface area contributed by atoms with Gasteiger partial charge < -0.3 is 9.13 Å². The third kappa shape index (κ3) is 5.55. The van der Waals surface area contributed by atoms with Crippen molar-refractivity contribution >= 4 is 168 Å². The molecule has 0 N–H and O–H groups in total. The normalized spacial score (nSPS) is 11.9. The van der Waals surface area contributed by atoms with Crippen molar-refractivity contribution in [1.29, 1.82) is 0 Å². The molecule has 0 unspecified atom stereocenters. The molecule has 0 aliphatic heterocycles. The smallest absolute Gasteiger partial charge is 0.141 e. The largest absolute Gasteiger partial charge is 0.310 e. The summed E-state index contributed by atoms with van der Waals surface area (Å²) in [4.78, 5) is 0. The molecule has 0 fully saturated rings. The zero-order chi connectivity index (χ0) is 43.5. The van der Waals surface area contributed by atoms with Crippen LogP contribution in [0, 0.1) is 0 Å². The van der Waals surface area contributed by atoms with Crippen molar-refractivity contribution in [2.45, 2.75) is 0 Å². The molecule has 0 saturated heterocycles. The Balaban J connectivity index is 1.18. The molecule has 64 heavy (non-hydrogen) atoms. The molecule has 0 radical (unpaired) electrons. The van der Waals surface area contributed by atoms with Crippen LogP contribution in [0.5, 0.6) is 0 Å². The van der Waals surface area contributed by atoms with E-state index in [1.807, 2.05) is 11.3 Å². The molecule has 10 heteroatoms. The summed E-state index contributed by atoms with van der Waals surface area (Å²) >= 11 is 1.88. The van der Waals surface area contributed by atoms with Crippen molar-refractivity contribution in [1.82, 2.24) is 9.13 Å². The van der Waals surface area contributed by atoms with Gasteiger partial charge in [0.15, 0.2) is 0 Å². The number of nitrogens with zero attached hydrogens (tertiary/aromatic N) is 2. The van der Waals surface area contributed by atoms with Crippen LogP contribution < -0.4 is 38.2 Å². The topological polar surface area (TPSA) is 9.86 Å². The summed E-state index contributed by atoms with van der Waals surface area (Å²) in [6.07, 6.45) is 0. The quantitative estimate of drug-likeness (QED) is 0.237. The number of aromatic nitrogens is 2. The van der Waals surface area contributed by atoms with E-state index in [4.69, 9.17) is 0 Å². The Kier molecular flexibility index (Phi) is 8.91. The Morgan fingerprint density at radius 1 is 0.344 bits per heavy atom. The molecule has 0 aliphatic carbocycles. The molecule has 0 spiro atoms. The molecule has 3 aromatic heterocycles. The number of hydrogen-bond donors (Lipinski definition) is 0. The van der Waals surface area contributed by atoms with Crippen molar-refractivity contribution in [2.24, 2.45) is 0 Å². The average Bonchev–Trinajstić information content (AvgIpc) is 4.01. The highest BCUT2D eigenvalue weighted by Gasteiger charge is 2.26. The zero-order valence-corrected chi connectivity index (χ0v) is 38.2. The number of rotatable bonds is 5. The summed E-state index contributed by atoms with van der Waals surface area (Å²) < 4.78 is 7.74. The van der Waals surface area contributed by atoms with Crippen LogP contribution in [0.2, 0.25) is 0 Å². The minimum Gasteiger partial charge on any atom is -0.310 e. The summed E-state index contributed by atoms with van der Waals surface area (Å²) in [5.74, 6) is 0. The third-order valence-electron chi connectivity index (χ3n) is 14.6. The molecule has 12 aromatic rings. The number of hydrogen-bond acceptors (Lipinski definition) is 1. The van der Waals surface area contributed by atoms with E-state index in [1.165, 1.54) is 147 Å². The fourth-order valence-corrected chi connectivity index (χ4v) is 12.3. The van der Waals surface area contributed by atoms with Gasteiger partial charge in [0, 0.05) is 53.1 Å². The standard InChI is InChI=1S/C54H41B7N2S/c55-46-41(47(56)51(60)53-44(46)45-48(57)49(58)50(59)52(61)54(45)62(53)32-17-9-16-30(26-32)28-12-3-1-4-13-28)31-24-25-36-35(27-31)42-33(29-14-5-2-6-15-29)19-10-20-37(42)63(36)38-21-11-23-40-43(38)34-18-7-8-22-39(34)64-40/h1-27H,55-61H2. The van der Waals surface area contributed by atoms with Gasteiger partial charge in [-0.3, -0.25) is 0 Å². The van der Waals surface area contributed by atoms with E-state index in [-0.39, 0.29) is 0 Å². The molecule has 0 saturated carbocycles. The van der Waals surface area contributed by atoms with Gasteiger partial charge in [0.05, 0.1) is 16.7 Å². The Bertz CT molecular complexity index is 3930. The van der Waals surface area contributed by atoms with Crippen LogP contribution >= 0.6 is 11.3 Å². The highest BCUT2D eigenvalue weighted by molar-refractivity contribution is 7.25. The van der Waals surface area contributed by atoms with Gasteiger partial charge in [-0.05, 0) is 87.3 Å². The van der Waals surface area contributed by atoms with Crippen LogP contribution in [0.1, 0.15) is 0 Å². The molecular formula is C54H41B7N2S. The Morgan fingerprint density at radius 3 is 1.75 bits per heavy atom. The first-order valence-corrected chi connectivity index (χ1v) is 23.3. The average molecular weight is 826 g/mol. The fourth-order valence-electron chi connectivity index (χ4n) is 11.1. The molecule has 12 rings (SSSR count). The minimum absolute atomic E-state index is 1.19. The van der Waals surface area contributed by atoms with E-state index in [0.29, 0.717) is 0 Å². The van der Waals surface area contributed by atoms with Gasteiger partial charge >= 0.3 is 0 Å². The van der Waals surface area contributed by atoms with Crippen molar-refractivity contribution in [3.8, 4) is 44.8 Å². The summed E-state index contributed by atoms with van der Waals surface area (Å²) in [6, 6.07) is 60.6. The zero-order valence-electron chi connectivity index (χ0n) is 37.4. The highest BCUT2D eigenvalue weighted by atomic mass is 32.1. The van der Waals surface area contributed by atoms with Gasteiger partial charge in [-0.15, -0.1) is 16.8 Å². The van der Waals surface area contributed by atoms with Crippen molar-refractivity contribution in [3.05, 3.63) is 164 Å². The monoisotopic (exact) mass is 826 g/mol. The van der Waals surface area contributed by atoms with Crippen LogP contribution in [-0.4, -0.2) is 64.1 Å². The van der Waals surface area contributed by atoms with Crippen LogP contribution in [-0.2, 0) is 0 Å². The second kappa shape index (κ2) is 14.7. The minimum atomic E-state index is 1.19. The van der Waals surface area contributed by atoms with Gasteiger partial charge in [-0.2, -0.15) is 0 Å². The van der Waals surface area contributed by atoms with Crippen LogP contribution in [0.4, 0.5) is 0 Å². The molecule has 9 aromatic carbocycles. The summed E-state index contributed by atoms with van der Waals surface area (Å²) in [7, 11) is 16.3. The molecule has 294 valence electrons. The van der Waals surface area contributed by atoms with Gasteiger partial charge in [0.2, 0.25) is 0 Å². The summed E-state index contributed by atoms with van der Waals surface area (Å²) in [5, 5.41) is 7.88. The van der Waals surface area contributed by atoms with Crippen molar-refractivity contribution < 1.29 is 0 Å². The second-order valence-electron chi connectivity index (χ2n) is 17.8. The lowest BCUT2D eigenvalue weighted by Crippen LogP contribution is -2.48. The Morgan fingerprint density at radius 2 is 0.969 bits per heavy atom. The number of benzene rings is 9. The maximum Gasteiger partial charge on any atom is 0.141 e. The molecule has 3 heterocycles. The van der Waals surface area contributed by atoms with E-state index in [9.17, 15) is 0 Å². The maximum atomic E-state index is 2.59. The van der Waals surface area contributed by atoms with E-state index < -0.39 is 0 Å². The summed E-state index contributed by atoms with van der Waals surface area (Å²) in [6.45, 7) is 0. The Hall–Kier alpha value is -6.75. The molecule has 0 amide bonds. The summed E-state index contributed by atoms with van der Waals surface area (Å²) in [5.41, 5.74) is 24.3. The van der Waals surface area contributed by atoms with Gasteiger partial charge in [0.25, 0.3) is 0 Å². The first-order chi connectivity index (χ1) is 31.2. The predicted octanol–water partition coefficient (Wildman–Crippen LogP) is 3.06. The molecule has 0 aliphatic rings. The SMILES string of the molecule is Bc1c(B)c(B)c2c(c1B)c1c(B)c(-c3ccc4c(c3)c3c(-c5ccccc5)cccc3n4-c3cccc4sc5ccccc5c34)c(B)c(B)c1n2-c1cccc(-c2ccccc2)c1. The Labute approximate surface area is 383 Å². The lowest BCUT2D eigenvalue weighted by atomic mass is 9.64. The number of fused-ring (bicyclic) bond motifs is 9. The maximum absolute atomic E-state index is 2.59. The lowest BCUT2D eigenvalue weighted by Gasteiger charge is -2.19. The predicted molar refractivity (Wildman–Crippen MR) is 302 cm³/mol. The second-order valence-corrected chi connectivity index (χ2v) is 18.9. The lowest BCUT2D eigenvalue weighted by molar-refractivity contribution is 1.19. The van der Waals surface area contributed by atoms with Gasteiger partial charge in [0.1, 0.15) is 54.9 Å². The first-order valence-electron chi connectivity index (χ1n) is 22.4. The highest BCUT2D eigenvalue weighted by Crippen LogP contribution is 2.44. The fraction of sp³-hybridized carbons (Fsp3) is 0.